The molecule has 2 atom stereocenters. The number of aromatic nitrogens is 2. The van der Waals surface area contributed by atoms with Crippen LogP contribution >= 0.6 is 0 Å². The van der Waals surface area contributed by atoms with Crippen molar-refractivity contribution < 1.29 is 9.26 Å². The van der Waals surface area contributed by atoms with Crippen LogP contribution in [0.2, 0.25) is 0 Å². The van der Waals surface area contributed by atoms with Crippen molar-refractivity contribution in [2.24, 2.45) is 5.73 Å². The molecule has 1 aliphatic carbocycles. The van der Waals surface area contributed by atoms with Crippen molar-refractivity contribution >= 4 is 0 Å². The average molecular weight is 211 g/mol. The Balaban J connectivity index is 2.19. The van der Waals surface area contributed by atoms with Crippen LogP contribution in [0.25, 0.3) is 0 Å². The zero-order valence-electron chi connectivity index (χ0n) is 9.36. The topological polar surface area (TPSA) is 74.2 Å². The van der Waals surface area contributed by atoms with Crippen molar-refractivity contribution in [1.82, 2.24) is 10.1 Å². The molecular weight excluding hydrogens is 194 g/mol. The van der Waals surface area contributed by atoms with Gasteiger partial charge in [0.15, 0.2) is 5.82 Å². The van der Waals surface area contributed by atoms with Crippen LogP contribution in [-0.4, -0.2) is 23.4 Å². The van der Waals surface area contributed by atoms with Gasteiger partial charge in [0.05, 0.1) is 6.10 Å². The van der Waals surface area contributed by atoms with E-state index in [0.29, 0.717) is 17.6 Å². The van der Waals surface area contributed by atoms with Gasteiger partial charge in [-0.3, -0.25) is 0 Å². The van der Waals surface area contributed by atoms with Crippen molar-refractivity contribution in [2.75, 3.05) is 7.11 Å². The zero-order chi connectivity index (χ0) is 11.1. The van der Waals surface area contributed by atoms with Crippen molar-refractivity contribution in [1.29, 1.82) is 0 Å². The Labute approximate surface area is 89.0 Å². The molecule has 15 heavy (non-hydrogen) atoms. The van der Waals surface area contributed by atoms with Gasteiger partial charge in [-0.25, -0.2) is 0 Å². The Bertz CT molecular complexity index is 344. The second kappa shape index (κ2) is 3.57. The van der Waals surface area contributed by atoms with Crippen molar-refractivity contribution in [3.05, 3.63) is 11.7 Å². The van der Waals surface area contributed by atoms with Gasteiger partial charge in [-0.15, -0.1) is 0 Å². The Morgan fingerprint density at radius 3 is 2.80 bits per heavy atom. The molecule has 84 valence electrons. The summed E-state index contributed by atoms with van der Waals surface area (Å²) >= 11 is 0. The minimum atomic E-state index is -0.703. The normalized spacial score (nSPS) is 22.4. The first-order valence-electron chi connectivity index (χ1n) is 5.21. The lowest BCUT2D eigenvalue weighted by atomic mass is 9.96. The third-order valence-corrected chi connectivity index (χ3v) is 3.05. The first-order valence-corrected chi connectivity index (χ1v) is 5.21. The summed E-state index contributed by atoms with van der Waals surface area (Å²) < 4.78 is 10.4. The second-order valence-electron chi connectivity index (χ2n) is 4.39. The highest BCUT2D eigenvalue weighted by Crippen LogP contribution is 2.39. The fourth-order valence-corrected chi connectivity index (χ4v) is 1.38. The van der Waals surface area contributed by atoms with E-state index in [9.17, 15) is 0 Å². The Kier molecular flexibility index (Phi) is 2.52. The number of rotatable bonds is 4. The standard InChI is InChI=1S/C10H17N3O2/c1-6(14-3)10(2,11)9-12-8(15-13-9)7-4-5-7/h6-7H,4-5,11H2,1-3H3. The van der Waals surface area contributed by atoms with Crippen LogP contribution < -0.4 is 5.73 Å². The molecule has 1 aromatic heterocycles. The van der Waals surface area contributed by atoms with E-state index >= 15 is 0 Å². The zero-order valence-corrected chi connectivity index (χ0v) is 9.36. The van der Waals surface area contributed by atoms with Crippen molar-refractivity contribution in [3.63, 3.8) is 0 Å². The van der Waals surface area contributed by atoms with E-state index in [0.717, 1.165) is 12.8 Å². The fraction of sp³-hybridized carbons (Fsp3) is 0.800. The predicted molar refractivity (Wildman–Crippen MR) is 54.3 cm³/mol. The smallest absolute Gasteiger partial charge is 0.229 e. The quantitative estimate of drug-likeness (QED) is 0.808. The molecule has 2 N–H and O–H groups in total. The molecule has 0 bridgehead atoms. The lowest BCUT2D eigenvalue weighted by Gasteiger charge is -2.26. The summed E-state index contributed by atoms with van der Waals surface area (Å²) in [6.45, 7) is 3.75. The maximum absolute atomic E-state index is 6.12. The number of ether oxygens (including phenoxy) is 1. The van der Waals surface area contributed by atoms with Gasteiger partial charge in [0, 0.05) is 13.0 Å². The highest BCUT2D eigenvalue weighted by molar-refractivity contribution is 5.09. The van der Waals surface area contributed by atoms with Crippen LogP contribution in [-0.2, 0) is 10.3 Å². The van der Waals surface area contributed by atoms with Crippen LogP contribution in [0.15, 0.2) is 4.52 Å². The molecule has 5 heteroatoms. The first kappa shape index (κ1) is 10.6. The molecule has 1 aromatic rings. The summed E-state index contributed by atoms with van der Waals surface area (Å²) in [6, 6.07) is 0. The molecule has 0 aliphatic heterocycles. The lowest BCUT2D eigenvalue weighted by molar-refractivity contribution is 0.0505. The Hall–Kier alpha value is -0.940. The van der Waals surface area contributed by atoms with Gasteiger partial charge in [0.1, 0.15) is 5.54 Å². The Morgan fingerprint density at radius 2 is 2.27 bits per heavy atom. The fourth-order valence-electron chi connectivity index (χ4n) is 1.38. The molecule has 1 saturated carbocycles. The lowest BCUT2D eigenvalue weighted by Crippen LogP contribution is -2.45. The van der Waals surface area contributed by atoms with Crippen molar-refractivity contribution in [3.8, 4) is 0 Å². The number of nitrogens with zero attached hydrogens (tertiary/aromatic N) is 2. The predicted octanol–water partition coefficient (Wildman–Crippen LogP) is 1.16. The van der Waals surface area contributed by atoms with Crippen LogP contribution in [0.3, 0.4) is 0 Å². The second-order valence-corrected chi connectivity index (χ2v) is 4.39. The van der Waals surface area contributed by atoms with E-state index < -0.39 is 5.54 Å². The summed E-state index contributed by atoms with van der Waals surface area (Å²) in [5.74, 6) is 1.70. The van der Waals surface area contributed by atoms with Gasteiger partial charge >= 0.3 is 0 Å². The van der Waals surface area contributed by atoms with E-state index in [2.05, 4.69) is 10.1 Å². The van der Waals surface area contributed by atoms with E-state index in [1.807, 2.05) is 13.8 Å². The molecule has 0 saturated heterocycles. The molecule has 0 spiro atoms. The molecule has 0 amide bonds. The van der Waals surface area contributed by atoms with Gasteiger partial charge in [-0.1, -0.05) is 5.16 Å². The summed E-state index contributed by atoms with van der Waals surface area (Å²) in [5, 5.41) is 3.93. The SMILES string of the molecule is COC(C)C(C)(N)c1noc(C2CC2)n1. The third-order valence-electron chi connectivity index (χ3n) is 3.05. The minimum absolute atomic E-state index is 0.151. The average Bonchev–Trinajstić information content (AvgIpc) is 2.94. The van der Waals surface area contributed by atoms with E-state index in [1.54, 1.807) is 7.11 Å². The number of nitrogens with two attached hydrogens (primary N) is 1. The maximum Gasteiger partial charge on any atom is 0.229 e. The summed E-state index contributed by atoms with van der Waals surface area (Å²) in [4.78, 5) is 4.33. The molecule has 1 heterocycles. The number of hydrogen-bond acceptors (Lipinski definition) is 5. The van der Waals surface area contributed by atoms with Crippen LogP contribution in [0.5, 0.6) is 0 Å². The molecule has 2 unspecified atom stereocenters. The van der Waals surface area contributed by atoms with E-state index in [-0.39, 0.29) is 6.10 Å². The van der Waals surface area contributed by atoms with Crippen LogP contribution in [0.4, 0.5) is 0 Å². The minimum Gasteiger partial charge on any atom is -0.379 e. The van der Waals surface area contributed by atoms with Gasteiger partial charge in [-0.05, 0) is 26.7 Å². The molecule has 5 nitrogen and oxygen atoms in total. The van der Waals surface area contributed by atoms with Gasteiger partial charge < -0.3 is 15.0 Å². The molecular formula is C10H17N3O2. The van der Waals surface area contributed by atoms with Crippen LogP contribution in [0.1, 0.15) is 44.3 Å². The number of hydrogen-bond donors (Lipinski definition) is 1. The monoisotopic (exact) mass is 211 g/mol. The van der Waals surface area contributed by atoms with Crippen molar-refractivity contribution in [2.45, 2.75) is 44.2 Å². The van der Waals surface area contributed by atoms with E-state index in [4.69, 9.17) is 15.0 Å². The molecule has 0 radical (unpaired) electrons. The Morgan fingerprint density at radius 1 is 1.60 bits per heavy atom. The van der Waals surface area contributed by atoms with E-state index in [1.165, 1.54) is 0 Å². The molecule has 1 aliphatic rings. The van der Waals surface area contributed by atoms with Gasteiger partial charge in [0.2, 0.25) is 5.89 Å². The van der Waals surface area contributed by atoms with Gasteiger partial charge in [0.25, 0.3) is 0 Å². The molecule has 0 aromatic carbocycles. The molecule has 1 fully saturated rings. The number of methoxy groups -OCH3 is 1. The highest BCUT2D eigenvalue weighted by Gasteiger charge is 2.36. The summed E-state index contributed by atoms with van der Waals surface area (Å²) in [6.07, 6.45) is 2.13. The molecule has 2 rings (SSSR count). The largest absolute Gasteiger partial charge is 0.379 e. The highest BCUT2D eigenvalue weighted by atomic mass is 16.5. The van der Waals surface area contributed by atoms with Crippen LogP contribution in [0, 0.1) is 0 Å². The van der Waals surface area contributed by atoms with Gasteiger partial charge in [-0.2, -0.15) is 4.98 Å². The third kappa shape index (κ3) is 1.89. The maximum atomic E-state index is 6.12. The summed E-state index contributed by atoms with van der Waals surface area (Å²) in [7, 11) is 1.62. The summed E-state index contributed by atoms with van der Waals surface area (Å²) in [5.41, 5.74) is 5.41. The first-order chi connectivity index (χ1) is 7.05.